The van der Waals surface area contributed by atoms with Crippen molar-refractivity contribution >= 4 is 17.4 Å². The van der Waals surface area contributed by atoms with Crippen LogP contribution in [0.15, 0.2) is 60.7 Å². The maximum Gasteiger partial charge on any atom is 0.246 e. The van der Waals surface area contributed by atoms with Gasteiger partial charge in [0.1, 0.15) is 23.5 Å². The molecule has 37 heavy (non-hydrogen) atoms. The van der Waals surface area contributed by atoms with Crippen molar-refractivity contribution in [3.63, 3.8) is 0 Å². The highest BCUT2D eigenvalue weighted by Crippen LogP contribution is 2.54. The van der Waals surface area contributed by atoms with Gasteiger partial charge in [-0.1, -0.05) is 69.2 Å². The van der Waals surface area contributed by atoms with E-state index in [1.54, 1.807) is 0 Å². The average molecular weight is 496 g/mol. The summed E-state index contributed by atoms with van der Waals surface area (Å²) in [5, 5.41) is 0. The van der Waals surface area contributed by atoms with Gasteiger partial charge in [-0.3, -0.25) is 9.59 Å². The van der Waals surface area contributed by atoms with Crippen molar-refractivity contribution < 1.29 is 19.1 Å². The number of amides is 1. The minimum atomic E-state index is -0.839. The molecule has 0 bridgehead atoms. The molecule has 5 nitrogen and oxygen atoms in total. The predicted molar refractivity (Wildman–Crippen MR) is 144 cm³/mol. The summed E-state index contributed by atoms with van der Waals surface area (Å²) < 4.78 is 11.9. The first-order valence-electron chi connectivity index (χ1n) is 13.5. The first kappa shape index (κ1) is 23.8. The molecule has 1 atom stereocenters. The van der Waals surface area contributed by atoms with Gasteiger partial charge in [-0.05, 0) is 41.2 Å². The van der Waals surface area contributed by atoms with E-state index in [4.69, 9.17) is 9.47 Å². The van der Waals surface area contributed by atoms with Crippen molar-refractivity contribution in [2.24, 2.45) is 5.92 Å². The minimum Gasteiger partial charge on any atom is -0.493 e. The number of rotatable bonds is 8. The van der Waals surface area contributed by atoms with E-state index in [2.05, 4.69) is 26.0 Å². The lowest BCUT2D eigenvalue weighted by Crippen LogP contribution is -2.42. The van der Waals surface area contributed by atoms with Gasteiger partial charge in [0.25, 0.3) is 0 Å². The summed E-state index contributed by atoms with van der Waals surface area (Å²) in [6.45, 7) is 5.78. The fourth-order valence-electron chi connectivity index (χ4n) is 6.16. The summed E-state index contributed by atoms with van der Waals surface area (Å²) in [4.78, 5) is 28.8. The standard InChI is InChI=1S/C32H33NO4/c1-3-21(4-2)11-14-28(34)23-12-9-22(10-13-23)19-33-27-8-6-5-7-25(27)32(31(33)35)20-37-30-18-29-24(15-16-36-29)17-26(30)32/h5-10,12-13,17-18,21H,3-4,11,14-16,19-20H2,1-2H3. The Balaban J connectivity index is 1.26. The van der Waals surface area contributed by atoms with Crippen LogP contribution in [-0.2, 0) is 23.2 Å². The Morgan fingerprint density at radius 3 is 2.54 bits per heavy atom. The van der Waals surface area contributed by atoms with E-state index in [1.807, 2.05) is 53.4 Å². The van der Waals surface area contributed by atoms with E-state index in [9.17, 15) is 9.59 Å². The van der Waals surface area contributed by atoms with Crippen LogP contribution in [-0.4, -0.2) is 24.9 Å². The molecule has 0 fully saturated rings. The summed E-state index contributed by atoms with van der Waals surface area (Å²) in [5.74, 6) is 2.44. The Morgan fingerprint density at radius 2 is 1.76 bits per heavy atom. The van der Waals surface area contributed by atoms with Crippen LogP contribution in [0.2, 0.25) is 0 Å². The molecular weight excluding hydrogens is 462 g/mol. The predicted octanol–water partition coefficient (Wildman–Crippen LogP) is 6.25. The topological polar surface area (TPSA) is 55.8 Å². The molecule has 0 N–H and O–H groups in total. The first-order chi connectivity index (χ1) is 18.0. The molecule has 3 heterocycles. The number of ether oxygens (including phenoxy) is 2. The van der Waals surface area contributed by atoms with E-state index < -0.39 is 5.41 Å². The third-order valence-corrected chi connectivity index (χ3v) is 8.51. The quantitative estimate of drug-likeness (QED) is 0.347. The fourth-order valence-corrected chi connectivity index (χ4v) is 6.16. The normalized spacial score (nSPS) is 19.1. The smallest absolute Gasteiger partial charge is 0.246 e. The van der Waals surface area contributed by atoms with E-state index >= 15 is 0 Å². The molecule has 6 rings (SSSR count). The van der Waals surface area contributed by atoms with Crippen LogP contribution in [0.5, 0.6) is 11.5 Å². The van der Waals surface area contributed by atoms with Crippen LogP contribution in [0.25, 0.3) is 0 Å². The Bertz CT molecular complexity index is 1360. The lowest BCUT2D eigenvalue weighted by atomic mass is 9.76. The number of hydrogen-bond donors (Lipinski definition) is 0. The fraction of sp³-hybridized carbons (Fsp3) is 0.375. The molecular formula is C32H33NO4. The first-order valence-corrected chi connectivity index (χ1v) is 13.5. The molecule has 0 saturated heterocycles. The third-order valence-electron chi connectivity index (χ3n) is 8.51. The van der Waals surface area contributed by atoms with E-state index in [0.717, 1.165) is 70.7 Å². The highest BCUT2D eigenvalue weighted by Gasteiger charge is 2.57. The highest BCUT2D eigenvalue weighted by atomic mass is 16.5. The van der Waals surface area contributed by atoms with Gasteiger partial charge in [0, 0.05) is 35.7 Å². The summed E-state index contributed by atoms with van der Waals surface area (Å²) in [6.07, 6.45) is 4.59. The largest absolute Gasteiger partial charge is 0.493 e. The van der Waals surface area contributed by atoms with Gasteiger partial charge in [0.15, 0.2) is 5.78 Å². The van der Waals surface area contributed by atoms with Crippen molar-refractivity contribution in [2.75, 3.05) is 18.1 Å². The van der Waals surface area contributed by atoms with Crippen molar-refractivity contribution in [3.05, 3.63) is 88.5 Å². The molecule has 0 saturated carbocycles. The van der Waals surface area contributed by atoms with Gasteiger partial charge < -0.3 is 14.4 Å². The van der Waals surface area contributed by atoms with Crippen LogP contribution in [0, 0.1) is 5.92 Å². The summed E-state index contributed by atoms with van der Waals surface area (Å²) in [7, 11) is 0. The summed E-state index contributed by atoms with van der Waals surface area (Å²) >= 11 is 0. The number of carbonyl (C=O) groups is 2. The minimum absolute atomic E-state index is 0.0386. The molecule has 190 valence electrons. The van der Waals surface area contributed by atoms with Gasteiger partial charge in [-0.15, -0.1) is 0 Å². The molecule has 5 heteroatoms. The van der Waals surface area contributed by atoms with E-state index in [1.165, 1.54) is 0 Å². The number of ketones is 1. The van der Waals surface area contributed by atoms with E-state index in [0.29, 0.717) is 32.1 Å². The van der Waals surface area contributed by atoms with Crippen LogP contribution >= 0.6 is 0 Å². The number of fused-ring (bicyclic) bond motifs is 5. The monoisotopic (exact) mass is 495 g/mol. The lowest BCUT2D eigenvalue weighted by Gasteiger charge is -2.23. The summed E-state index contributed by atoms with van der Waals surface area (Å²) in [5.41, 5.74) is 4.89. The Labute approximate surface area is 218 Å². The maximum absolute atomic E-state index is 14.2. The van der Waals surface area contributed by atoms with Crippen LogP contribution in [0.4, 0.5) is 5.69 Å². The Morgan fingerprint density at radius 1 is 0.973 bits per heavy atom. The highest BCUT2D eigenvalue weighted by molar-refractivity contribution is 6.11. The molecule has 1 unspecified atom stereocenters. The maximum atomic E-state index is 14.2. The number of hydrogen-bond acceptors (Lipinski definition) is 4. The van der Waals surface area contributed by atoms with Gasteiger partial charge in [-0.2, -0.15) is 0 Å². The average Bonchev–Trinajstić information content (AvgIpc) is 3.61. The van der Waals surface area contributed by atoms with Gasteiger partial charge in [-0.25, -0.2) is 0 Å². The zero-order valence-corrected chi connectivity index (χ0v) is 21.6. The molecule has 1 amide bonds. The molecule has 0 aromatic heterocycles. The number of carbonyl (C=O) groups excluding carboxylic acids is 2. The molecule has 3 aromatic rings. The van der Waals surface area contributed by atoms with Crippen LogP contribution < -0.4 is 14.4 Å². The Kier molecular flexibility index (Phi) is 6.02. The van der Waals surface area contributed by atoms with Gasteiger partial charge >= 0.3 is 0 Å². The van der Waals surface area contributed by atoms with Crippen molar-refractivity contribution in [1.82, 2.24) is 0 Å². The number of anilines is 1. The number of nitrogens with zero attached hydrogens (tertiary/aromatic N) is 1. The van der Waals surface area contributed by atoms with E-state index in [-0.39, 0.29) is 11.7 Å². The van der Waals surface area contributed by atoms with Gasteiger partial charge in [0.2, 0.25) is 5.91 Å². The van der Waals surface area contributed by atoms with Crippen LogP contribution in [0.1, 0.15) is 72.1 Å². The van der Waals surface area contributed by atoms with Crippen molar-refractivity contribution in [2.45, 2.75) is 57.9 Å². The third kappa shape index (κ3) is 3.83. The Hall–Kier alpha value is -3.60. The molecule has 1 spiro atoms. The number of para-hydroxylation sites is 1. The molecule has 3 aliphatic heterocycles. The second kappa shape index (κ2) is 9.37. The molecule has 0 aliphatic carbocycles. The lowest BCUT2D eigenvalue weighted by molar-refractivity contribution is -0.122. The van der Waals surface area contributed by atoms with Crippen molar-refractivity contribution in [3.8, 4) is 11.5 Å². The summed E-state index contributed by atoms with van der Waals surface area (Å²) in [6, 6.07) is 19.9. The zero-order valence-electron chi connectivity index (χ0n) is 21.6. The number of Topliss-reactive ketones (excluding diaryl/α,β-unsaturated/α-hetero) is 1. The molecule has 0 radical (unpaired) electrons. The SMILES string of the molecule is CCC(CC)CCC(=O)c1ccc(CN2C(=O)C3(COc4cc5c(cc43)CCO5)c3ccccc32)cc1. The molecule has 3 aromatic carbocycles. The van der Waals surface area contributed by atoms with Gasteiger partial charge in [0.05, 0.1) is 13.2 Å². The van der Waals surface area contributed by atoms with Crippen LogP contribution in [0.3, 0.4) is 0 Å². The van der Waals surface area contributed by atoms with Crippen molar-refractivity contribution in [1.29, 1.82) is 0 Å². The molecule has 3 aliphatic rings. The second-order valence-corrected chi connectivity index (χ2v) is 10.5. The second-order valence-electron chi connectivity index (χ2n) is 10.5. The zero-order chi connectivity index (χ0) is 25.6. The number of benzene rings is 3.